The van der Waals surface area contributed by atoms with Crippen molar-refractivity contribution in [1.82, 2.24) is 0 Å². The van der Waals surface area contributed by atoms with Crippen LogP contribution in [0.25, 0.3) is 0 Å². The van der Waals surface area contributed by atoms with Crippen LogP contribution in [-0.2, 0) is 9.53 Å². The number of carbonyl (C=O) groups is 1. The van der Waals surface area contributed by atoms with Crippen LogP contribution in [0, 0.1) is 23.2 Å². The molecule has 0 amide bonds. The van der Waals surface area contributed by atoms with Gasteiger partial charge in [0.1, 0.15) is 6.10 Å². The van der Waals surface area contributed by atoms with Gasteiger partial charge < -0.3 is 9.84 Å². The summed E-state index contributed by atoms with van der Waals surface area (Å²) >= 11 is 0. The average molecular weight is 348 g/mol. The first kappa shape index (κ1) is 19.1. The fourth-order valence-corrected chi connectivity index (χ4v) is 3.96. The van der Waals surface area contributed by atoms with E-state index in [1.807, 2.05) is 6.92 Å². The number of carbonyl (C=O) groups excluding carboxylic acids is 1. The molecule has 1 saturated heterocycles. The first-order valence-corrected chi connectivity index (χ1v) is 8.77. The number of halogens is 3. The monoisotopic (exact) mass is 348 g/mol. The number of ether oxygens (including phenoxy) is 1. The van der Waals surface area contributed by atoms with Gasteiger partial charge in [0.25, 0.3) is 0 Å². The van der Waals surface area contributed by atoms with Crippen LogP contribution in [0.2, 0.25) is 0 Å². The molecule has 0 bridgehead atoms. The normalized spacial score (nSPS) is 33.2. The van der Waals surface area contributed by atoms with Crippen molar-refractivity contribution in [3.63, 3.8) is 0 Å². The number of alkyl halides is 3. The first-order valence-electron chi connectivity index (χ1n) is 8.77. The highest BCUT2D eigenvalue weighted by Gasteiger charge is 2.52. The largest absolute Gasteiger partial charge is 0.512 e. The fraction of sp³-hybridized carbons (Fsp3) is 0.833. The fourth-order valence-electron chi connectivity index (χ4n) is 3.96. The molecule has 1 aliphatic carbocycles. The van der Waals surface area contributed by atoms with Gasteiger partial charge in [0.05, 0.1) is 17.1 Å². The molecule has 138 valence electrons. The smallest absolute Gasteiger partial charge is 0.394 e. The van der Waals surface area contributed by atoms with E-state index in [4.69, 9.17) is 4.74 Å². The van der Waals surface area contributed by atoms with Gasteiger partial charge in [-0.15, -0.1) is 0 Å². The molecule has 0 aromatic rings. The van der Waals surface area contributed by atoms with E-state index < -0.39 is 11.6 Å². The van der Waals surface area contributed by atoms with E-state index in [0.29, 0.717) is 25.7 Å². The molecule has 0 aromatic heterocycles. The number of aliphatic hydroxyl groups excluding tert-OH is 1. The molecular weight excluding hydrogens is 321 g/mol. The summed E-state index contributed by atoms with van der Waals surface area (Å²) in [6, 6.07) is 0. The van der Waals surface area contributed by atoms with Crippen molar-refractivity contribution < 1.29 is 27.8 Å². The second kappa shape index (κ2) is 6.96. The topological polar surface area (TPSA) is 46.5 Å². The molecular formula is C18H27F3O3. The second-order valence-electron chi connectivity index (χ2n) is 7.52. The van der Waals surface area contributed by atoms with E-state index in [-0.39, 0.29) is 48.4 Å². The third-order valence-electron chi connectivity index (χ3n) is 5.78. The van der Waals surface area contributed by atoms with Crippen LogP contribution in [0.3, 0.4) is 0 Å². The number of esters is 1. The molecule has 1 saturated carbocycles. The Bertz CT molecular complexity index is 500. The summed E-state index contributed by atoms with van der Waals surface area (Å²) in [7, 11) is 0. The Morgan fingerprint density at radius 2 is 2.04 bits per heavy atom. The predicted octanol–water partition coefficient (Wildman–Crippen LogP) is 5.16. The third-order valence-corrected chi connectivity index (χ3v) is 5.78. The lowest BCUT2D eigenvalue weighted by Crippen LogP contribution is -2.35. The Kier molecular flexibility index (Phi) is 5.55. The van der Waals surface area contributed by atoms with Crippen LogP contribution < -0.4 is 0 Å². The summed E-state index contributed by atoms with van der Waals surface area (Å²) in [6.45, 7) is 4.84. The molecule has 5 atom stereocenters. The number of rotatable bonds is 6. The van der Waals surface area contributed by atoms with E-state index in [9.17, 15) is 23.1 Å². The van der Waals surface area contributed by atoms with Gasteiger partial charge in [-0.2, -0.15) is 13.2 Å². The maximum absolute atomic E-state index is 13.4. The van der Waals surface area contributed by atoms with E-state index in [0.717, 1.165) is 0 Å². The lowest BCUT2D eigenvalue weighted by Gasteiger charge is -2.31. The van der Waals surface area contributed by atoms with Gasteiger partial charge in [-0.25, -0.2) is 0 Å². The average Bonchev–Trinajstić information content (AvgIpc) is 3.02. The summed E-state index contributed by atoms with van der Waals surface area (Å²) in [5, 5.41) is 10.4. The summed E-state index contributed by atoms with van der Waals surface area (Å²) in [6.07, 6.45) is -0.874. The van der Waals surface area contributed by atoms with E-state index >= 15 is 0 Å². The SMILES string of the molecule is CCCCC(C)(CC=C(O)[C@H]1CC[C@H]2OC(=O)[C@@H](C)[C@H]12)C(F)(F)F. The molecule has 6 heteroatoms. The minimum atomic E-state index is -4.31. The molecule has 0 radical (unpaired) electrons. The number of unbranched alkanes of at least 4 members (excludes halogenated alkanes) is 1. The first-order chi connectivity index (χ1) is 11.1. The Morgan fingerprint density at radius 3 is 2.62 bits per heavy atom. The zero-order valence-corrected chi connectivity index (χ0v) is 14.5. The molecule has 24 heavy (non-hydrogen) atoms. The van der Waals surface area contributed by atoms with Crippen molar-refractivity contribution in [2.24, 2.45) is 23.2 Å². The van der Waals surface area contributed by atoms with Crippen LogP contribution in [0.1, 0.15) is 59.3 Å². The quantitative estimate of drug-likeness (QED) is 0.532. The minimum absolute atomic E-state index is 0.0142. The van der Waals surface area contributed by atoms with Crippen LogP contribution in [-0.4, -0.2) is 23.4 Å². The van der Waals surface area contributed by atoms with Gasteiger partial charge in [-0.3, -0.25) is 4.79 Å². The highest BCUT2D eigenvalue weighted by atomic mass is 19.4. The Morgan fingerprint density at radius 1 is 1.38 bits per heavy atom. The number of aliphatic hydroxyl groups is 1. The zero-order valence-electron chi connectivity index (χ0n) is 14.5. The van der Waals surface area contributed by atoms with Gasteiger partial charge >= 0.3 is 12.1 Å². The molecule has 1 unspecified atom stereocenters. The maximum Gasteiger partial charge on any atom is 0.394 e. The molecule has 0 spiro atoms. The van der Waals surface area contributed by atoms with Gasteiger partial charge in [-0.1, -0.05) is 33.6 Å². The Labute approximate surface area is 141 Å². The van der Waals surface area contributed by atoms with Crippen molar-refractivity contribution >= 4 is 5.97 Å². The van der Waals surface area contributed by atoms with E-state index in [1.165, 1.54) is 13.0 Å². The Hall–Kier alpha value is -1.20. The Balaban J connectivity index is 2.11. The second-order valence-corrected chi connectivity index (χ2v) is 7.52. The number of fused-ring (bicyclic) bond motifs is 1. The molecule has 1 heterocycles. The van der Waals surface area contributed by atoms with Gasteiger partial charge in [-0.05, 0) is 31.8 Å². The summed E-state index contributed by atoms with van der Waals surface area (Å²) in [5.74, 6) is -1.00. The number of hydrogen-bond donors (Lipinski definition) is 1. The van der Waals surface area contributed by atoms with Gasteiger partial charge in [0.2, 0.25) is 0 Å². The summed E-state index contributed by atoms with van der Waals surface area (Å²) < 4.78 is 45.5. The minimum Gasteiger partial charge on any atom is -0.512 e. The van der Waals surface area contributed by atoms with Crippen molar-refractivity contribution in [3.8, 4) is 0 Å². The third kappa shape index (κ3) is 3.57. The molecule has 2 fully saturated rings. The van der Waals surface area contributed by atoms with Gasteiger partial charge in [0, 0.05) is 11.8 Å². The van der Waals surface area contributed by atoms with Crippen molar-refractivity contribution in [3.05, 3.63) is 11.8 Å². The van der Waals surface area contributed by atoms with Crippen molar-refractivity contribution in [2.75, 3.05) is 0 Å². The van der Waals surface area contributed by atoms with E-state index in [2.05, 4.69) is 0 Å². The molecule has 0 aromatic carbocycles. The van der Waals surface area contributed by atoms with E-state index in [1.54, 1.807) is 6.92 Å². The van der Waals surface area contributed by atoms with Crippen LogP contribution in [0.15, 0.2) is 11.8 Å². The molecule has 2 rings (SSSR count). The highest BCUT2D eigenvalue weighted by Crippen LogP contribution is 2.48. The molecule has 3 nitrogen and oxygen atoms in total. The summed E-state index contributed by atoms with van der Waals surface area (Å²) in [5.41, 5.74) is -1.83. The highest BCUT2D eigenvalue weighted by molar-refractivity contribution is 5.75. The van der Waals surface area contributed by atoms with Crippen LogP contribution in [0.4, 0.5) is 13.2 Å². The van der Waals surface area contributed by atoms with Crippen LogP contribution in [0.5, 0.6) is 0 Å². The number of allylic oxidation sites excluding steroid dienone is 2. The number of hydrogen-bond acceptors (Lipinski definition) is 3. The lowest BCUT2D eigenvalue weighted by molar-refractivity contribution is -0.219. The van der Waals surface area contributed by atoms with Crippen LogP contribution >= 0.6 is 0 Å². The molecule has 1 aliphatic heterocycles. The standard InChI is InChI=1S/C18H27F3O3/c1-4-5-9-17(3,18(19,20)21)10-8-13(22)12-6-7-14-15(12)11(2)16(23)24-14/h8,11-12,14-15,22H,4-7,9-10H2,1-3H3/t11-,12+,14+,15+,17?/m0/s1. The maximum atomic E-state index is 13.4. The molecule has 1 N–H and O–H groups in total. The predicted molar refractivity (Wildman–Crippen MR) is 84.3 cm³/mol. The van der Waals surface area contributed by atoms with Gasteiger partial charge in [0.15, 0.2) is 0 Å². The van der Waals surface area contributed by atoms with Crippen molar-refractivity contribution in [1.29, 1.82) is 0 Å². The lowest BCUT2D eigenvalue weighted by atomic mass is 9.79. The molecule has 2 aliphatic rings. The van der Waals surface area contributed by atoms with Crippen molar-refractivity contribution in [2.45, 2.75) is 71.6 Å². The summed E-state index contributed by atoms with van der Waals surface area (Å²) in [4.78, 5) is 11.7. The zero-order chi connectivity index (χ0) is 18.1.